The lowest BCUT2D eigenvalue weighted by Gasteiger charge is -2.19. The van der Waals surface area contributed by atoms with Crippen LogP contribution in [-0.4, -0.2) is 37.8 Å². The summed E-state index contributed by atoms with van der Waals surface area (Å²) in [6, 6.07) is 4.56. The summed E-state index contributed by atoms with van der Waals surface area (Å²) >= 11 is 5.75. The first-order chi connectivity index (χ1) is 11.7. The molecule has 3 N–H and O–H groups in total. The number of hydrogen-bond acceptors (Lipinski definition) is 3. The highest BCUT2D eigenvalue weighted by molar-refractivity contribution is 6.30. The van der Waals surface area contributed by atoms with Crippen LogP contribution < -0.4 is 16.0 Å². The van der Waals surface area contributed by atoms with E-state index in [9.17, 15) is 9.18 Å². The molecule has 0 heterocycles. The summed E-state index contributed by atoms with van der Waals surface area (Å²) in [4.78, 5) is 15.6. The monoisotopic (exact) mass is 372 g/mol. The van der Waals surface area contributed by atoms with E-state index < -0.39 is 17.5 Å². The van der Waals surface area contributed by atoms with Gasteiger partial charge in [-0.2, -0.15) is 0 Å². The zero-order valence-electron chi connectivity index (χ0n) is 15.1. The molecule has 140 valence electrons. The van der Waals surface area contributed by atoms with Gasteiger partial charge in [-0.05, 0) is 44.9 Å². The summed E-state index contributed by atoms with van der Waals surface area (Å²) in [6.45, 7) is 7.04. The van der Waals surface area contributed by atoms with Crippen LogP contribution in [0.25, 0.3) is 0 Å². The Balaban J connectivity index is 2.24. The van der Waals surface area contributed by atoms with Crippen molar-refractivity contribution in [3.63, 3.8) is 0 Å². The number of carbonyl (C=O) groups is 1. The van der Waals surface area contributed by atoms with Gasteiger partial charge in [-0.15, -0.1) is 0 Å². The van der Waals surface area contributed by atoms with E-state index >= 15 is 0 Å². The number of benzene rings is 1. The summed E-state index contributed by atoms with van der Waals surface area (Å²) in [5.74, 6) is 0.170. The maximum absolute atomic E-state index is 13.1. The molecule has 0 aliphatic carbocycles. The average molecular weight is 373 g/mol. The maximum Gasteiger partial charge on any atom is 0.407 e. The Morgan fingerprint density at radius 1 is 1.24 bits per heavy atom. The molecule has 1 aromatic rings. The van der Waals surface area contributed by atoms with E-state index in [0.717, 1.165) is 5.56 Å². The average Bonchev–Trinajstić information content (AvgIpc) is 2.51. The number of ether oxygens (including phenoxy) is 1. The Bertz CT molecular complexity index is 603. The Morgan fingerprint density at radius 2 is 1.92 bits per heavy atom. The number of guanidine groups is 1. The normalized spacial score (nSPS) is 11.8. The van der Waals surface area contributed by atoms with Gasteiger partial charge in [0.05, 0.1) is 5.02 Å². The predicted octanol–water partition coefficient (Wildman–Crippen LogP) is 3.06. The topological polar surface area (TPSA) is 74.8 Å². The van der Waals surface area contributed by atoms with Crippen LogP contribution in [0.5, 0.6) is 0 Å². The third kappa shape index (κ3) is 9.14. The van der Waals surface area contributed by atoms with Crippen molar-refractivity contribution in [1.82, 2.24) is 16.0 Å². The van der Waals surface area contributed by atoms with Crippen molar-refractivity contribution in [2.24, 2.45) is 4.99 Å². The lowest BCUT2D eigenvalue weighted by molar-refractivity contribution is 0.0527. The zero-order chi connectivity index (χ0) is 18.9. The second-order valence-corrected chi connectivity index (χ2v) is 6.79. The smallest absolute Gasteiger partial charge is 0.407 e. The minimum atomic E-state index is -0.502. The Morgan fingerprint density at radius 3 is 2.52 bits per heavy atom. The van der Waals surface area contributed by atoms with Gasteiger partial charge in [0.2, 0.25) is 0 Å². The van der Waals surface area contributed by atoms with Crippen LogP contribution in [0.15, 0.2) is 23.2 Å². The van der Waals surface area contributed by atoms with Crippen LogP contribution in [0, 0.1) is 5.82 Å². The van der Waals surface area contributed by atoms with Gasteiger partial charge in [0.1, 0.15) is 11.4 Å². The molecule has 0 bridgehead atoms. The molecule has 8 heteroatoms. The number of nitrogens with zero attached hydrogens (tertiary/aromatic N) is 1. The summed E-state index contributed by atoms with van der Waals surface area (Å²) < 4.78 is 18.3. The number of amides is 1. The minimum Gasteiger partial charge on any atom is -0.444 e. The Kier molecular flexibility index (Phi) is 8.48. The van der Waals surface area contributed by atoms with Gasteiger partial charge in [0.25, 0.3) is 0 Å². The molecule has 0 atom stereocenters. The van der Waals surface area contributed by atoms with Crippen molar-refractivity contribution in [3.8, 4) is 0 Å². The summed E-state index contributed by atoms with van der Waals surface area (Å²) in [6.07, 6.45) is 0.283. The molecule has 1 aromatic carbocycles. The van der Waals surface area contributed by atoms with E-state index in [1.807, 2.05) is 20.8 Å². The molecule has 0 saturated carbocycles. The van der Waals surface area contributed by atoms with Gasteiger partial charge in [0, 0.05) is 26.7 Å². The number of alkyl carbamates (subject to hydrolysis) is 1. The van der Waals surface area contributed by atoms with Gasteiger partial charge in [-0.1, -0.05) is 17.7 Å². The molecule has 0 fully saturated rings. The number of carbonyl (C=O) groups excluding carboxylic acids is 1. The number of aliphatic imine (C=N–C) groups is 1. The van der Waals surface area contributed by atoms with Crippen molar-refractivity contribution in [1.29, 1.82) is 0 Å². The molecular formula is C17H26ClFN4O2. The van der Waals surface area contributed by atoms with Crippen LogP contribution >= 0.6 is 11.6 Å². The van der Waals surface area contributed by atoms with Crippen molar-refractivity contribution in [2.75, 3.05) is 20.1 Å². The van der Waals surface area contributed by atoms with E-state index in [2.05, 4.69) is 20.9 Å². The molecule has 0 aromatic heterocycles. The highest BCUT2D eigenvalue weighted by Crippen LogP contribution is 2.15. The molecule has 6 nitrogen and oxygen atoms in total. The summed E-state index contributed by atoms with van der Waals surface area (Å²) in [5, 5.41) is 9.02. The van der Waals surface area contributed by atoms with Crippen LogP contribution in [0.2, 0.25) is 5.02 Å². The maximum atomic E-state index is 13.1. The van der Waals surface area contributed by atoms with Crippen molar-refractivity contribution in [3.05, 3.63) is 34.6 Å². The fourth-order valence-electron chi connectivity index (χ4n) is 1.86. The Hall–Kier alpha value is -2.02. The highest BCUT2D eigenvalue weighted by Gasteiger charge is 2.15. The number of hydrogen-bond donors (Lipinski definition) is 3. The van der Waals surface area contributed by atoms with E-state index in [-0.39, 0.29) is 5.02 Å². The lowest BCUT2D eigenvalue weighted by Crippen LogP contribution is -2.39. The first-order valence-corrected chi connectivity index (χ1v) is 8.44. The van der Waals surface area contributed by atoms with E-state index in [1.165, 1.54) is 6.07 Å². The molecule has 0 saturated heterocycles. The standard InChI is InChI=1S/C17H26ClFN4O2/c1-17(2,3)25-16(24)22-9-5-8-21-15(20-4)23-11-12-6-7-14(19)13(18)10-12/h6-7,10H,5,8-9,11H2,1-4H3,(H,22,24)(H2,20,21,23). The third-order valence-corrected chi connectivity index (χ3v) is 3.27. The van der Waals surface area contributed by atoms with E-state index in [4.69, 9.17) is 16.3 Å². The molecule has 0 radical (unpaired) electrons. The minimum absolute atomic E-state index is 0.0930. The molecule has 0 unspecified atom stereocenters. The molecule has 0 aliphatic rings. The molecule has 0 aliphatic heterocycles. The van der Waals surface area contributed by atoms with E-state index in [1.54, 1.807) is 19.2 Å². The summed E-state index contributed by atoms with van der Waals surface area (Å²) in [5.41, 5.74) is 0.346. The molecule has 25 heavy (non-hydrogen) atoms. The SMILES string of the molecule is CN=C(NCCCNC(=O)OC(C)(C)C)NCc1ccc(F)c(Cl)c1. The molecule has 0 spiro atoms. The number of nitrogens with one attached hydrogen (secondary N) is 3. The van der Waals surface area contributed by atoms with Crippen LogP contribution in [0.4, 0.5) is 9.18 Å². The van der Waals surface area contributed by atoms with Crippen LogP contribution in [0.3, 0.4) is 0 Å². The molecule has 1 amide bonds. The van der Waals surface area contributed by atoms with E-state index in [0.29, 0.717) is 32.0 Å². The lowest BCUT2D eigenvalue weighted by atomic mass is 10.2. The van der Waals surface area contributed by atoms with Crippen molar-refractivity contribution in [2.45, 2.75) is 39.3 Å². The zero-order valence-corrected chi connectivity index (χ0v) is 15.8. The second kappa shape index (κ2) is 10.1. The fraction of sp³-hybridized carbons (Fsp3) is 0.529. The van der Waals surface area contributed by atoms with Gasteiger partial charge in [-0.25, -0.2) is 9.18 Å². The number of rotatable bonds is 6. The first-order valence-electron chi connectivity index (χ1n) is 8.06. The fourth-order valence-corrected chi connectivity index (χ4v) is 2.06. The van der Waals surface area contributed by atoms with Crippen molar-refractivity contribution >= 4 is 23.7 Å². The highest BCUT2D eigenvalue weighted by atomic mass is 35.5. The van der Waals surface area contributed by atoms with Gasteiger partial charge in [0.15, 0.2) is 5.96 Å². The largest absolute Gasteiger partial charge is 0.444 e. The quantitative estimate of drug-likeness (QED) is 0.407. The second-order valence-electron chi connectivity index (χ2n) is 6.38. The van der Waals surface area contributed by atoms with Gasteiger partial charge < -0.3 is 20.7 Å². The van der Waals surface area contributed by atoms with Crippen LogP contribution in [0.1, 0.15) is 32.8 Å². The molecular weight excluding hydrogens is 347 g/mol. The van der Waals surface area contributed by atoms with Gasteiger partial charge in [-0.3, -0.25) is 4.99 Å². The van der Waals surface area contributed by atoms with Gasteiger partial charge >= 0.3 is 6.09 Å². The predicted molar refractivity (Wildman–Crippen MR) is 98.5 cm³/mol. The van der Waals surface area contributed by atoms with Crippen molar-refractivity contribution < 1.29 is 13.9 Å². The molecule has 1 rings (SSSR count). The van der Waals surface area contributed by atoms with Crippen LogP contribution in [-0.2, 0) is 11.3 Å². The third-order valence-electron chi connectivity index (χ3n) is 2.98. The summed E-state index contributed by atoms with van der Waals surface area (Å²) in [7, 11) is 1.66. The number of halogens is 2. The first kappa shape index (κ1) is 21.0. The Labute approximate surface area is 153 Å².